The number of amides is 1. The van der Waals surface area contributed by atoms with Gasteiger partial charge in [-0.25, -0.2) is 4.79 Å². The summed E-state index contributed by atoms with van der Waals surface area (Å²) >= 11 is 0. The standard InChI is InChI=1S/C10H16N4O3/c1-3-8(10(16)17)13(2)9(15)4-6-14-7-5-11-12-14/h5,7-8H,3-4,6H2,1-2H3,(H,16,17). The van der Waals surface area contributed by atoms with E-state index in [9.17, 15) is 9.59 Å². The van der Waals surface area contributed by atoms with Crippen LogP contribution < -0.4 is 0 Å². The molecule has 94 valence electrons. The largest absolute Gasteiger partial charge is 0.480 e. The number of hydrogen-bond donors (Lipinski definition) is 1. The second-order valence-electron chi connectivity index (χ2n) is 3.68. The lowest BCUT2D eigenvalue weighted by molar-refractivity contribution is -0.149. The van der Waals surface area contributed by atoms with Gasteiger partial charge in [-0.3, -0.25) is 9.48 Å². The summed E-state index contributed by atoms with van der Waals surface area (Å²) in [6, 6.07) is -0.766. The maximum Gasteiger partial charge on any atom is 0.326 e. The molecule has 0 radical (unpaired) electrons. The van der Waals surface area contributed by atoms with Crippen molar-refractivity contribution in [3.05, 3.63) is 12.4 Å². The smallest absolute Gasteiger partial charge is 0.326 e. The predicted octanol–water partition coefficient (Wildman–Crippen LogP) is -0.0102. The third-order valence-corrected chi connectivity index (χ3v) is 2.56. The van der Waals surface area contributed by atoms with Crippen LogP contribution in [0.5, 0.6) is 0 Å². The lowest BCUT2D eigenvalue weighted by Gasteiger charge is -2.23. The van der Waals surface area contributed by atoms with Crippen molar-refractivity contribution >= 4 is 11.9 Å². The summed E-state index contributed by atoms with van der Waals surface area (Å²) in [5.41, 5.74) is 0. The van der Waals surface area contributed by atoms with Crippen LogP contribution >= 0.6 is 0 Å². The van der Waals surface area contributed by atoms with Crippen LogP contribution in [0.15, 0.2) is 12.4 Å². The molecule has 0 saturated carbocycles. The van der Waals surface area contributed by atoms with E-state index >= 15 is 0 Å². The SMILES string of the molecule is CCC(C(=O)O)N(C)C(=O)CCn1ccnn1. The van der Waals surface area contributed by atoms with Gasteiger partial charge in [-0.1, -0.05) is 12.1 Å². The fraction of sp³-hybridized carbons (Fsp3) is 0.600. The van der Waals surface area contributed by atoms with E-state index in [4.69, 9.17) is 5.11 Å². The molecule has 7 heteroatoms. The molecule has 0 aliphatic carbocycles. The first kappa shape index (κ1) is 13.1. The second-order valence-corrected chi connectivity index (χ2v) is 3.68. The number of aliphatic carboxylic acids is 1. The molecule has 1 amide bonds. The number of carbonyl (C=O) groups is 2. The average Bonchev–Trinajstić information content (AvgIpc) is 2.78. The fourth-order valence-electron chi connectivity index (χ4n) is 1.53. The van der Waals surface area contributed by atoms with Gasteiger partial charge in [0, 0.05) is 19.7 Å². The minimum absolute atomic E-state index is 0.212. The lowest BCUT2D eigenvalue weighted by Crippen LogP contribution is -2.42. The van der Waals surface area contributed by atoms with Crippen LogP contribution in [-0.4, -0.2) is 50.0 Å². The molecule has 17 heavy (non-hydrogen) atoms. The minimum atomic E-state index is -0.982. The van der Waals surface area contributed by atoms with Crippen LogP contribution in [0.4, 0.5) is 0 Å². The Balaban J connectivity index is 2.49. The number of carboxylic acid groups (broad SMARTS) is 1. The van der Waals surface area contributed by atoms with Crippen LogP contribution in [0.3, 0.4) is 0 Å². The van der Waals surface area contributed by atoms with E-state index in [1.165, 1.54) is 22.8 Å². The summed E-state index contributed by atoms with van der Waals surface area (Å²) in [5, 5.41) is 16.3. The molecule has 1 rings (SSSR count). The minimum Gasteiger partial charge on any atom is -0.480 e. The Morgan fingerprint density at radius 2 is 2.24 bits per heavy atom. The Morgan fingerprint density at radius 1 is 1.53 bits per heavy atom. The fourth-order valence-corrected chi connectivity index (χ4v) is 1.53. The molecule has 7 nitrogen and oxygen atoms in total. The molecule has 1 heterocycles. The highest BCUT2D eigenvalue weighted by Gasteiger charge is 2.24. The second kappa shape index (κ2) is 5.97. The highest BCUT2D eigenvalue weighted by molar-refractivity contribution is 5.83. The van der Waals surface area contributed by atoms with Crippen LogP contribution in [0.1, 0.15) is 19.8 Å². The zero-order chi connectivity index (χ0) is 12.8. The molecule has 0 fully saturated rings. The van der Waals surface area contributed by atoms with Gasteiger partial charge in [0.2, 0.25) is 5.91 Å². The molecule has 1 aromatic rings. The van der Waals surface area contributed by atoms with Crippen molar-refractivity contribution < 1.29 is 14.7 Å². The summed E-state index contributed by atoms with van der Waals surface area (Å²) in [6.07, 6.45) is 3.78. The van der Waals surface area contributed by atoms with E-state index in [-0.39, 0.29) is 12.3 Å². The van der Waals surface area contributed by atoms with E-state index in [1.807, 2.05) is 0 Å². The van der Waals surface area contributed by atoms with Gasteiger partial charge in [0.15, 0.2) is 0 Å². The summed E-state index contributed by atoms with van der Waals surface area (Å²) in [4.78, 5) is 23.9. The Labute approximate surface area is 99.0 Å². The molecule has 1 aromatic heterocycles. The lowest BCUT2D eigenvalue weighted by atomic mass is 10.2. The summed E-state index contributed by atoms with van der Waals surface area (Å²) in [7, 11) is 1.51. The summed E-state index contributed by atoms with van der Waals surface area (Å²) in [5.74, 6) is -1.20. The first-order chi connectivity index (χ1) is 8.06. The van der Waals surface area contributed by atoms with Crippen molar-refractivity contribution in [2.45, 2.75) is 32.4 Å². The van der Waals surface area contributed by atoms with E-state index in [0.29, 0.717) is 13.0 Å². The van der Waals surface area contributed by atoms with Gasteiger partial charge in [0.05, 0.1) is 12.7 Å². The van der Waals surface area contributed by atoms with Crippen LogP contribution in [0.25, 0.3) is 0 Å². The normalized spacial score (nSPS) is 12.1. The first-order valence-corrected chi connectivity index (χ1v) is 5.38. The number of carboxylic acids is 1. The third-order valence-electron chi connectivity index (χ3n) is 2.56. The third kappa shape index (κ3) is 3.54. The molecule has 0 aliphatic rings. The van der Waals surface area contributed by atoms with Gasteiger partial charge < -0.3 is 10.0 Å². The monoisotopic (exact) mass is 240 g/mol. The summed E-state index contributed by atoms with van der Waals surface area (Å²) in [6.45, 7) is 2.14. The molecule has 1 N–H and O–H groups in total. The van der Waals surface area contributed by atoms with Crippen molar-refractivity contribution in [3.8, 4) is 0 Å². The van der Waals surface area contributed by atoms with Gasteiger partial charge in [-0.05, 0) is 6.42 Å². The number of nitrogens with zero attached hydrogens (tertiary/aromatic N) is 4. The van der Waals surface area contributed by atoms with Crippen LogP contribution in [-0.2, 0) is 16.1 Å². The molecular weight excluding hydrogens is 224 g/mol. The molecule has 0 spiro atoms. The van der Waals surface area contributed by atoms with Crippen molar-refractivity contribution in [2.24, 2.45) is 0 Å². The maximum absolute atomic E-state index is 11.7. The maximum atomic E-state index is 11.7. The van der Waals surface area contributed by atoms with E-state index in [2.05, 4.69) is 10.3 Å². The van der Waals surface area contributed by atoms with Gasteiger partial charge in [-0.2, -0.15) is 0 Å². The first-order valence-electron chi connectivity index (χ1n) is 5.38. The number of aryl methyl sites for hydroxylation is 1. The number of carbonyl (C=O) groups excluding carboxylic acids is 1. The molecule has 1 atom stereocenters. The highest BCUT2D eigenvalue weighted by Crippen LogP contribution is 2.05. The van der Waals surface area contributed by atoms with Gasteiger partial charge in [0.1, 0.15) is 6.04 Å². The van der Waals surface area contributed by atoms with Crippen molar-refractivity contribution in [1.29, 1.82) is 0 Å². The highest BCUT2D eigenvalue weighted by atomic mass is 16.4. The summed E-state index contributed by atoms with van der Waals surface area (Å²) < 4.78 is 1.54. The molecule has 0 aromatic carbocycles. The van der Waals surface area contributed by atoms with Crippen molar-refractivity contribution in [1.82, 2.24) is 19.9 Å². The molecular formula is C10H16N4O3. The van der Waals surface area contributed by atoms with Gasteiger partial charge in [-0.15, -0.1) is 5.10 Å². The zero-order valence-electron chi connectivity index (χ0n) is 9.91. The Bertz CT molecular complexity index is 377. The number of likely N-dealkylation sites (N-methyl/N-ethyl adjacent to an activating group) is 1. The van der Waals surface area contributed by atoms with E-state index in [1.54, 1.807) is 13.1 Å². The Hall–Kier alpha value is -1.92. The Kier molecular flexibility index (Phi) is 4.62. The van der Waals surface area contributed by atoms with E-state index in [0.717, 1.165) is 0 Å². The molecule has 0 aliphatic heterocycles. The molecule has 0 saturated heterocycles. The van der Waals surface area contributed by atoms with Gasteiger partial charge >= 0.3 is 5.97 Å². The average molecular weight is 240 g/mol. The topological polar surface area (TPSA) is 88.3 Å². The Morgan fingerprint density at radius 3 is 2.71 bits per heavy atom. The predicted molar refractivity (Wildman–Crippen MR) is 59.1 cm³/mol. The quantitative estimate of drug-likeness (QED) is 0.755. The van der Waals surface area contributed by atoms with Crippen molar-refractivity contribution in [3.63, 3.8) is 0 Å². The number of aromatic nitrogens is 3. The van der Waals surface area contributed by atoms with Crippen LogP contribution in [0.2, 0.25) is 0 Å². The van der Waals surface area contributed by atoms with E-state index < -0.39 is 12.0 Å². The molecule has 1 unspecified atom stereocenters. The molecule has 0 bridgehead atoms. The number of hydrogen-bond acceptors (Lipinski definition) is 4. The zero-order valence-corrected chi connectivity index (χ0v) is 9.91. The van der Waals surface area contributed by atoms with Crippen molar-refractivity contribution in [2.75, 3.05) is 7.05 Å². The van der Waals surface area contributed by atoms with Gasteiger partial charge in [0.25, 0.3) is 0 Å². The number of rotatable bonds is 6. The van der Waals surface area contributed by atoms with Crippen LogP contribution in [0, 0.1) is 0 Å².